The summed E-state index contributed by atoms with van der Waals surface area (Å²) in [5.41, 5.74) is 2.83. The normalized spacial score (nSPS) is 15.7. The Morgan fingerprint density at radius 3 is 2.57 bits per heavy atom. The van der Waals surface area contributed by atoms with Gasteiger partial charge in [-0.2, -0.15) is 13.2 Å². The fraction of sp³-hybridized carbons (Fsp3) is 0.375. The summed E-state index contributed by atoms with van der Waals surface area (Å²) in [4.78, 5) is 18.1. The van der Waals surface area contributed by atoms with Crippen LogP contribution in [0.15, 0.2) is 48.7 Å². The van der Waals surface area contributed by atoms with Gasteiger partial charge in [0, 0.05) is 42.5 Å². The first-order valence-electron chi connectivity index (χ1n) is 10.4. The predicted octanol–water partition coefficient (Wildman–Crippen LogP) is 5.89. The van der Waals surface area contributed by atoms with Gasteiger partial charge in [-0.25, -0.2) is 0 Å². The summed E-state index contributed by atoms with van der Waals surface area (Å²) in [7, 11) is 0. The highest BCUT2D eigenvalue weighted by atomic mass is 19.4. The Balaban J connectivity index is 1.79. The summed E-state index contributed by atoms with van der Waals surface area (Å²) in [5, 5.41) is 0.964. The van der Waals surface area contributed by atoms with E-state index in [1.54, 1.807) is 6.07 Å². The van der Waals surface area contributed by atoms with Gasteiger partial charge in [0.1, 0.15) is 0 Å². The maximum absolute atomic E-state index is 13.4. The van der Waals surface area contributed by atoms with Crippen molar-refractivity contribution >= 4 is 16.8 Å². The molecule has 0 unspecified atom stereocenters. The van der Waals surface area contributed by atoms with Gasteiger partial charge in [-0.3, -0.25) is 4.79 Å². The minimum absolute atomic E-state index is 0.00379. The topological polar surface area (TPSA) is 36.1 Å². The molecule has 6 heteroatoms. The first-order valence-corrected chi connectivity index (χ1v) is 10.4. The zero-order valence-corrected chi connectivity index (χ0v) is 16.9. The van der Waals surface area contributed by atoms with Crippen molar-refractivity contribution in [2.24, 2.45) is 0 Å². The van der Waals surface area contributed by atoms with Crippen molar-refractivity contribution in [1.29, 1.82) is 0 Å². The Kier molecular flexibility index (Phi) is 5.58. The molecule has 1 saturated heterocycles. The number of aromatic amines is 1. The van der Waals surface area contributed by atoms with Crippen molar-refractivity contribution in [2.45, 2.75) is 44.7 Å². The van der Waals surface area contributed by atoms with E-state index < -0.39 is 17.7 Å². The summed E-state index contributed by atoms with van der Waals surface area (Å²) in [6, 6.07) is 11.4. The molecular weight excluding hydrogens is 389 g/mol. The molecule has 0 saturated carbocycles. The number of hydrogen-bond donors (Lipinski definition) is 1. The number of halogens is 3. The third-order valence-electron chi connectivity index (χ3n) is 6.04. The summed E-state index contributed by atoms with van der Waals surface area (Å²) in [6.07, 6.45) is 0.393. The molecule has 0 aliphatic carbocycles. The van der Waals surface area contributed by atoms with E-state index >= 15 is 0 Å². The number of rotatable bonds is 5. The molecule has 1 aromatic heterocycles. The SMILES string of the molecule is CCc1cccc2c([C@@H](CC(=O)N3CCCC3)c3cccc(C(F)(F)F)c3)c[nH]c12. The number of H-pyrrole nitrogens is 1. The molecule has 0 radical (unpaired) electrons. The molecule has 1 amide bonds. The molecule has 1 N–H and O–H groups in total. The van der Waals surface area contributed by atoms with E-state index in [9.17, 15) is 18.0 Å². The third kappa shape index (κ3) is 3.95. The Bertz CT molecular complexity index is 1050. The van der Waals surface area contributed by atoms with Crippen molar-refractivity contribution in [3.05, 3.63) is 70.9 Å². The highest BCUT2D eigenvalue weighted by molar-refractivity contribution is 5.88. The monoisotopic (exact) mass is 414 g/mol. The first kappa shape index (κ1) is 20.5. The van der Waals surface area contributed by atoms with E-state index in [2.05, 4.69) is 11.9 Å². The van der Waals surface area contributed by atoms with Crippen LogP contribution in [0.1, 0.15) is 54.4 Å². The summed E-state index contributed by atoms with van der Waals surface area (Å²) in [5.74, 6) is -0.447. The Morgan fingerprint density at radius 2 is 1.87 bits per heavy atom. The molecule has 158 valence electrons. The number of nitrogens with one attached hydrogen (secondary N) is 1. The molecule has 3 nitrogen and oxygen atoms in total. The van der Waals surface area contributed by atoms with Crippen LogP contribution in [0.4, 0.5) is 13.2 Å². The van der Waals surface area contributed by atoms with E-state index in [-0.39, 0.29) is 12.3 Å². The van der Waals surface area contributed by atoms with Gasteiger partial charge < -0.3 is 9.88 Å². The number of benzene rings is 2. The standard InChI is InChI=1S/C24H25F3N2O/c1-2-16-7-6-10-19-21(15-28-23(16)19)20(14-22(30)29-11-3-4-12-29)17-8-5-9-18(13-17)24(25,26)27/h5-10,13,15,20,28H,2-4,11-12,14H2,1H3/t20-/m0/s1. The van der Waals surface area contributed by atoms with Gasteiger partial charge in [-0.1, -0.05) is 43.3 Å². The van der Waals surface area contributed by atoms with E-state index in [0.29, 0.717) is 5.56 Å². The number of carbonyl (C=O) groups is 1. The molecule has 3 aromatic rings. The maximum Gasteiger partial charge on any atom is 0.416 e. The van der Waals surface area contributed by atoms with Crippen molar-refractivity contribution in [3.8, 4) is 0 Å². The van der Waals surface area contributed by atoms with Crippen molar-refractivity contribution in [1.82, 2.24) is 9.88 Å². The molecule has 2 aromatic carbocycles. The van der Waals surface area contributed by atoms with Crippen LogP contribution in [0, 0.1) is 0 Å². The lowest BCUT2D eigenvalue weighted by Crippen LogP contribution is -2.29. The predicted molar refractivity (Wildman–Crippen MR) is 111 cm³/mol. The van der Waals surface area contributed by atoms with E-state index in [4.69, 9.17) is 0 Å². The third-order valence-corrected chi connectivity index (χ3v) is 6.04. The summed E-state index contributed by atoms with van der Waals surface area (Å²) in [6.45, 7) is 3.51. The quantitative estimate of drug-likeness (QED) is 0.555. The van der Waals surface area contributed by atoms with Crippen LogP contribution in [0.5, 0.6) is 0 Å². The van der Waals surface area contributed by atoms with Gasteiger partial charge in [0.2, 0.25) is 5.91 Å². The molecule has 1 aliphatic rings. The molecule has 1 fully saturated rings. The molecule has 1 aliphatic heterocycles. The Labute approximate surface area is 173 Å². The number of aromatic nitrogens is 1. The lowest BCUT2D eigenvalue weighted by molar-refractivity contribution is -0.137. The molecule has 4 rings (SSSR count). The number of amides is 1. The second-order valence-corrected chi connectivity index (χ2v) is 7.91. The Hall–Kier alpha value is -2.76. The lowest BCUT2D eigenvalue weighted by Gasteiger charge is -2.22. The van der Waals surface area contributed by atoms with Gasteiger partial charge in [0.15, 0.2) is 0 Å². The number of nitrogens with zero attached hydrogens (tertiary/aromatic N) is 1. The van der Waals surface area contributed by atoms with Crippen LogP contribution < -0.4 is 0 Å². The average Bonchev–Trinajstić information content (AvgIpc) is 3.41. The molecule has 2 heterocycles. The fourth-order valence-corrected chi connectivity index (χ4v) is 4.43. The zero-order chi connectivity index (χ0) is 21.3. The minimum Gasteiger partial charge on any atom is -0.361 e. The summed E-state index contributed by atoms with van der Waals surface area (Å²) >= 11 is 0. The highest BCUT2D eigenvalue weighted by Crippen LogP contribution is 2.38. The molecule has 1 atom stereocenters. The zero-order valence-electron chi connectivity index (χ0n) is 16.9. The minimum atomic E-state index is -4.42. The first-order chi connectivity index (χ1) is 14.4. The number of carbonyl (C=O) groups excluding carboxylic acids is 1. The summed E-state index contributed by atoms with van der Waals surface area (Å²) < 4.78 is 40.1. The van der Waals surface area contributed by atoms with Crippen LogP contribution in [0.2, 0.25) is 0 Å². The van der Waals surface area contributed by atoms with Crippen LogP contribution in [0.25, 0.3) is 10.9 Å². The second-order valence-electron chi connectivity index (χ2n) is 7.91. The van der Waals surface area contributed by atoms with Gasteiger partial charge in [0.05, 0.1) is 5.56 Å². The van der Waals surface area contributed by atoms with Crippen LogP contribution >= 0.6 is 0 Å². The van der Waals surface area contributed by atoms with Gasteiger partial charge in [0.25, 0.3) is 0 Å². The fourth-order valence-electron chi connectivity index (χ4n) is 4.43. The van der Waals surface area contributed by atoms with Crippen molar-refractivity contribution < 1.29 is 18.0 Å². The van der Waals surface area contributed by atoms with Gasteiger partial charge >= 0.3 is 6.18 Å². The van der Waals surface area contributed by atoms with Crippen LogP contribution in [-0.4, -0.2) is 28.9 Å². The van der Waals surface area contributed by atoms with Gasteiger partial charge in [-0.05, 0) is 42.0 Å². The maximum atomic E-state index is 13.4. The van der Waals surface area contributed by atoms with Crippen LogP contribution in [-0.2, 0) is 17.4 Å². The lowest BCUT2D eigenvalue weighted by atomic mass is 9.86. The molecule has 0 spiro atoms. The number of para-hydroxylation sites is 1. The van der Waals surface area contributed by atoms with Crippen molar-refractivity contribution in [2.75, 3.05) is 13.1 Å². The number of fused-ring (bicyclic) bond motifs is 1. The largest absolute Gasteiger partial charge is 0.416 e. The number of hydrogen-bond acceptors (Lipinski definition) is 1. The van der Waals surface area contributed by atoms with E-state index in [1.807, 2.05) is 29.3 Å². The van der Waals surface area contributed by atoms with Crippen molar-refractivity contribution in [3.63, 3.8) is 0 Å². The highest BCUT2D eigenvalue weighted by Gasteiger charge is 2.32. The molecule has 30 heavy (non-hydrogen) atoms. The number of aryl methyl sites for hydroxylation is 1. The number of alkyl halides is 3. The smallest absolute Gasteiger partial charge is 0.361 e. The van der Waals surface area contributed by atoms with E-state index in [1.165, 1.54) is 12.1 Å². The molecule has 0 bridgehead atoms. The van der Waals surface area contributed by atoms with Gasteiger partial charge in [-0.15, -0.1) is 0 Å². The Morgan fingerprint density at radius 1 is 1.13 bits per heavy atom. The second kappa shape index (κ2) is 8.17. The van der Waals surface area contributed by atoms with E-state index in [0.717, 1.165) is 60.4 Å². The number of likely N-dealkylation sites (tertiary alicyclic amines) is 1. The van der Waals surface area contributed by atoms with Crippen LogP contribution in [0.3, 0.4) is 0 Å². The average molecular weight is 414 g/mol. The molecular formula is C24H25F3N2O.